The van der Waals surface area contributed by atoms with E-state index in [2.05, 4.69) is 5.32 Å². The van der Waals surface area contributed by atoms with Crippen LogP contribution in [0.4, 0.5) is 0 Å². The first-order valence-corrected chi connectivity index (χ1v) is 8.99. The number of thioether (sulfide) groups is 1. The summed E-state index contributed by atoms with van der Waals surface area (Å²) in [5, 5.41) is 2.75. The van der Waals surface area contributed by atoms with E-state index < -0.39 is 9.84 Å². The molecule has 1 N–H and O–H groups in total. The number of nitrogens with one attached hydrogen (secondary N) is 1. The molecule has 0 saturated carbocycles. The third-order valence-electron chi connectivity index (χ3n) is 3.52. The maximum atomic E-state index is 12.2. The lowest BCUT2D eigenvalue weighted by Gasteiger charge is -2.14. The van der Waals surface area contributed by atoms with Crippen LogP contribution in [0, 0.1) is 0 Å². The minimum absolute atomic E-state index is 0.0386. The van der Waals surface area contributed by atoms with E-state index in [-0.39, 0.29) is 28.7 Å². The summed E-state index contributed by atoms with van der Waals surface area (Å²) >= 11 is 1.57. The molecule has 1 amide bonds. The van der Waals surface area contributed by atoms with Crippen molar-refractivity contribution in [2.24, 2.45) is 0 Å². The molecule has 0 unspecified atom stereocenters. The average molecular weight is 297 g/mol. The zero-order chi connectivity index (χ0) is 13.5. The molecule has 2 aliphatic rings. The Morgan fingerprint density at radius 2 is 2.11 bits per heavy atom. The van der Waals surface area contributed by atoms with Crippen LogP contribution in [-0.4, -0.2) is 37.1 Å². The second kappa shape index (κ2) is 4.83. The molecule has 2 heterocycles. The first-order valence-electron chi connectivity index (χ1n) is 6.29. The number of benzene rings is 1. The lowest BCUT2D eigenvalue weighted by Crippen LogP contribution is -2.40. The lowest BCUT2D eigenvalue weighted by molar-refractivity contribution is -0.121. The number of hydrogen-bond donors (Lipinski definition) is 1. The van der Waals surface area contributed by atoms with Gasteiger partial charge in [0.15, 0.2) is 9.84 Å². The van der Waals surface area contributed by atoms with Gasteiger partial charge in [0.1, 0.15) is 0 Å². The topological polar surface area (TPSA) is 63.2 Å². The van der Waals surface area contributed by atoms with Gasteiger partial charge in [-0.1, -0.05) is 18.2 Å². The van der Waals surface area contributed by atoms with Crippen LogP contribution in [0.15, 0.2) is 29.2 Å². The molecule has 1 aromatic carbocycles. The van der Waals surface area contributed by atoms with Crippen LogP contribution in [0.25, 0.3) is 0 Å². The molecule has 2 aliphatic heterocycles. The van der Waals surface area contributed by atoms with Gasteiger partial charge >= 0.3 is 0 Å². The van der Waals surface area contributed by atoms with Gasteiger partial charge in [0, 0.05) is 10.9 Å². The number of carbonyl (C=O) groups is 1. The lowest BCUT2D eigenvalue weighted by atomic mass is 10.1. The van der Waals surface area contributed by atoms with Crippen molar-refractivity contribution in [3.63, 3.8) is 0 Å². The van der Waals surface area contributed by atoms with Gasteiger partial charge in [-0.05, 0) is 24.5 Å². The first kappa shape index (κ1) is 13.0. The van der Waals surface area contributed by atoms with Crippen molar-refractivity contribution < 1.29 is 13.2 Å². The second-order valence-corrected chi connectivity index (χ2v) is 8.50. The van der Waals surface area contributed by atoms with Crippen molar-refractivity contribution in [2.75, 3.05) is 11.5 Å². The van der Waals surface area contributed by atoms with Crippen LogP contribution >= 0.6 is 11.8 Å². The van der Waals surface area contributed by atoms with Gasteiger partial charge in [-0.2, -0.15) is 0 Å². The zero-order valence-electron chi connectivity index (χ0n) is 10.3. The van der Waals surface area contributed by atoms with Crippen LogP contribution in [0.5, 0.6) is 0 Å². The molecular weight excluding hydrogens is 282 g/mol. The van der Waals surface area contributed by atoms with Gasteiger partial charge in [0.25, 0.3) is 0 Å². The normalized spacial score (nSPS) is 28.0. The Morgan fingerprint density at radius 3 is 2.79 bits per heavy atom. The molecule has 1 aromatic rings. The van der Waals surface area contributed by atoms with Gasteiger partial charge in [0.05, 0.1) is 16.8 Å². The molecule has 3 rings (SSSR count). The highest BCUT2D eigenvalue weighted by molar-refractivity contribution is 8.01. The number of fused-ring (bicyclic) bond motifs is 1. The largest absolute Gasteiger partial charge is 0.351 e. The zero-order valence-corrected chi connectivity index (χ0v) is 12.0. The summed E-state index contributed by atoms with van der Waals surface area (Å²) in [6, 6.07) is 7.80. The number of amides is 1. The Morgan fingerprint density at radius 1 is 1.32 bits per heavy atom. The molecule has 4 nitrogen and oxygen atoms in total. The summed E-state index contributed by atoms with van der Waals surface area (Å²) in [5.41, 5.74) is 1.20. The minimum atomic E-state index is -2.94. The van der Waals surface area contributed by atoms with Crippen molar-refractivity contribution >= 4 is 27.5 Å². The quantitative estimate of drug-likeness (QED) is 0.885. The van der Waals surface area contributed by atoms with Gasteiger partial charge < -0.3 is 5.32 Å². The van der Waals surface area contributed by atoms with E-state index in [9.17, 15) is 13.2 Å². The summed E-state index contributed by atoms with van der Waals surface area (Å²) in [5.74, 6) is 0.238. The molecular formula is C13H15NO3S2. The molecule has 0 aromatic heterocycles. The Kier molecular flexibility index (Phi) is 3.30. The molecule has 2 atom stereocenters. The summed E-state index contributed by atoms with van der Waals surface area (Å²) < 4.78 is 22.7. The standard InChI is InChI=1S/C13H15NO3S2/c15-13(14-10-5-6-19(16,17)8-10)12-7-9-3-1-2-4-11(9)18-12/h1-4,10,12H,5-8H2,(H,14,15)/t10-,12-/m0/s1. The van der Waals surface area contributed by atoms with Crippen LogP contribution in [0.2, 0.25) is 0 Å². The van der Waals surface area contributed by atoms with E-state index in [4.69, 9.17) is 0 Å². The van der Waals surface area contributed by atoms with Crippen molar-refractivity contribution in [3.05, 3.63) is 29.8 Å². The van der Waals surface area contributed by atoms with Crippen LogP contribution in [-0.2, 0) is 21.1 Å². The van der Waals surface area contributed by atoms with E-state index in [1.807, 2.05) is 24.3 Å². The highest BCUT2D eigenvalue weighted by Gasteiger charge is 2.33. The van der Waals surface area contributed by atoms with E-state index in [0.29, 0.717) is 6.42 Å². The predicted molar refractivity (Wildman–Crippen MR) is 75.0 cm³/mol. The third-order valence-corrected chi connectivity index (χ3v) is 6.60. The van der Waals surface area contributed by atoms with Gasteiger partial charge in [-0.15, -0.1) is 11.8 Å². The Labute approximate surface area is 116 Å². The maximum absolute atomic E-state index is 12.2. The van der Waals surface area contributed by atoms with Crippen LogP contribution in [0.3, 0.4) is 0 Å². The molecule has 102 valence electrons. The van der Waals surface area contributed by atoms with Crippen molar-refractivity contribution in [2.45, 2.75) is 29.0 Å². The van der Waals surface area contributed by atoms with E-state index in [1.165, 1.54) is 5.56 Å². The van der Waals surface area contributed by atoms with Gasteiger partial charge in [0.2, 0.25) is 5.91 Å². The van der Waals surface area contributed by atoms with Crippen LogP contribution < -0.4 is 5.32 Å². The van der Waals surface area contributed by atoms with E-state index in [0.717, 1.165) is 11.3 Å². The Balaban J connectivity index is 1.62. The smallest absolute Gasteiger partial charge is 0.234 e. The van der Waals surface area contributed by atoms with Gasteiger partial charge in [-0.25, -0.2) is 8.42 Å². The predicted octanol–water partition coefficient (Wildman–Crippen LogP) is 1.01. The molecule has 0 aliphatic carbocycles. The molecule has 0 bridgehead atoms. The number of carbonyl (C=O) groups excluding carboxylic acids is 1. The monoisotopic (exact) mass is 297 g/mol. The summed E-state index contributed by atoms with van der Waals surface area (Å²) in [4.78, 5) is 13.3. The van der Waals surface area contributed by atoms with E-state index in [1.54, 1.807) is 11.8 Å². The Hall–Kier alpha value is -1.01. The first-order chi connectivity index (χ1) is 9.03. The summed E-state index contributed by atoms with van der Waals surface area (Å²) in [7, 11) is -2.94. The highest BCUT2D eigenvalue weighted by Crippen LogP contribution is 2.36. The Bertz CT molecular complexity index is 587. The van der Waals surface area contributed by atoms with E-state index >= 15 is 0 Å². The minimum Gasteiger partial charge on any atom is -0.351 e. The molecule has 0 radical (unpaired) electrons. The van der Waals surface area contributed by atoms with Crippen molar-refractivity contribution in [1.29, 1.82) is 0 Å². The molecule has 6 heteroatoms. The fourth-order valence-corrected chi connectivity index (χ4v) is 5.41. The average Bonchev–Trinajstić information content (AvgIpc) is 2.92. The summed E-state index contributed by atoms with van der Waals surface area (Å²) in [6.45, 7) is 0. The second-order valence-electron chi connectivity index (χ2n) is 5.03. The number of sulfone groups is 1. The molecule has 1 fully saturated rings. The molecule has 1 saturated heterocycles. The van der Waals surface area contributed by atoms with Gasteiger partial charge in [-0.3, -0.25) is 4.79 Å². The van der Waals surface area contributed by atoms with Crippen molar-refractivity contribution in [3.8, 4) is 0 Å². The molecule has 19 heavy (non-hydrogen) atoms. The third kappa shape index (κ3) is 2.79. The fourth-order valence-electron chi connectivity index (χ4n) is 2.53. The van der Waals surface area contributed by atoms with Crippen molar-refractivity contribution in [1.82, 2.24) is 5.32 Å². The SMILES string of the molecule is O=C(N[C@H]1CCS(=O)(=O)C1)[C@@H]1Cc2ccccc2S1. The highest BCUT2D eigenvalue weighted by atomic mass is 32.2. The number of rotatable bonds is 2. The van der Waals surface area contributed by atoms with Crippen LogP contribution in [0.1, 0.15) is 12.0 Å². The summed E-state index contributed by atoms with van der Waals surface area (Å²) in [6.07, 6.45) is 1.27. The number of hydrogen-bond acceptors (Lipinski definition) is 4. The molecule has 0 spiro atoms. The fraction of sp³-hybridized carbons (Fsp3) is 0.462. The maximum Gasteiger partial charge on any atom is 0.234 e.